The number of benzene rings is 2. The van der Waals surface area contributed by atoms with Crippen molar-refractivity contribution in [1.29, 1.82) is 0 Å². The number of nitrogens with two attached hydrogens (primary N) is 1. The molecule has 2 aromatic rings. The van der Waals surface area contributed by atoms with E-state index in [4.69, 9.17) is 5.73 Å². The molecule has 35 heavy (non-hydrogen) atoms. The maximum absolute atomic E-state index is 13.8. The van der Waals surface area contributed by atoms with Gasteiger partial charge in [-0.2, -0.15) is 0 Å². The smallest absolute Gasteiger partial charge is 0.400 e. The highest BCUT2D eigenvalue weighted by molar-refractivity contribution is 6.36. The number of likely N-dealkylation sites (N-methyl/N-ethyl adjacent to an activating group) is 1. The number of amidine groups is 1. The minimum Gasteiger partial charge on any atom is -0.400 e. The normalized spacial score (nSPS) is 14.6. The van der Waals surface area contributed by atoms with Crippen LogP contribution in [0.15, 0.2) is 84.7 Å². The van der Waals surface area contributed by atoms with Crippen LogP contribution in [0.5, 0.6) is 0 Å². The third kappa shape index (κ3) is 5.26. The summed E-state index contributed by atoms with van der Waals surface area (Å²) in [5, 5.41) is 0. The lowest BCUT2D eigenvalue weighted by Crippen LogP contribution is -2.33. The number of carbonyl (C=O) groups excluding carboxylic acids is 2. The first-order valence-electron chi connectivity index (χ1n) is 11.4. The van der Waals surface area contributed by atoms with Crippen LogP contribution in [-0.4, -0.2) is 38.0 Å². The number of amides is 2. The summed E-state index contributed by atoms with van der Waals surface area (Å²) < 4.78 is 4.23. The van der Waals surface area contributed by atoms with Gasteiger partial charge in [-0.3, -0.25) is 4.79 Å². The molecule has 7 heteroatoms. The maximum atomic E-state index is 13.8. The molecule has 1 aliphatic rings. The Morgan fingerprint density at radius 2 is 1.66 bits per heavy atom. The second kappa shape index (κ2) is 10.7. The number of urea groups is 1. The summed E-state index contributed by atoms with van der Waals surface area (Å²) in [6.07, 6.45) is 2.52. The number of carbonyl (C=O) groups is 2. The number of aryl methyl sites for hydroxylation is 1. The van der Waals surface area contributed by atoms with Gasteiger partial charge in [0.15, 0.2) is 18.2 Å². The van der Waals surface area contributed by atoms with Gasteiger partial charge in [0.1, 0.15) is 5.69 Å². The molecule has 0 unspecified atom stereocenters. The SMILES string of the molecule is C=CC(=O)CN(C)c1ccc(N2C(=O)N(c3ccc(C)cc3)/C(=C(\N)CC(=C)CC)C2=[N+]=C)cc1. The predicted octanol–water partition coefficient (Wildman–Crippen LogP) is 4.33. The molecule has 2 N–H and O–H groups in total. The zero-order valence-electron chi connectivity index (χ0n) is 20.6. The number of rotatable bonds is 9. The lowest BCUT2D eigenvalue weighted by molar-refractivity contribution is -0.113. The molecular weight excluding hydrogens is 438 g/mol. The molecular formula is C28H32N5O2+. The summed E-state index contributed by atoms with van der Waals surface area (Å²) in [7, 11) is 1.82. The number of ketones is 1. The van der Waals surface area contributed by atoms with Crippen LogP contribution >= 0.6 is 0 Å². The van der Waals surface area contributed by atoms with E-state index in [-0.39, 0.29) is 18.4 Å². The van der Waals surface area contributed by atoms with Gasteiger partial charge in [-0.15, -0.1) is 4.90 Å². The third-order valence-corrected chi connectivity index (χ3v) is 5.89. The van der Waals surface area contributed by atoms with E-state index in [1.165, 1.54) is 11.0 Å². The Bertz CT molecular complexity index is 1240. The zero-order chi connectivity index (χ0) is 25.7. The molecule has 0 radical (unpaired) electrons. The quantitative estimate of drug-likeness (QED) is 0.256. The molecule has 1 aliphatic heterocycles. The highest BCUT2D eigenvalue weighted by Crippen LogP contribution is 2.34. The topological polar surface area (TPSA) is 84.0 Å². The van der Waals surface area contributed by atoms with E-state index in [0.717, 1.165) is 23.2 Å². The number of hydrogen-bond donors (Lipinski definition) is 1. The third-order valence-electron chi connectivity index (χ3n) is 5.89. The summed E-state index contributed by atoms with van der Waals surface area (Å²) in [6.45, 7) is 15.5. The predicted molar refractivity (Wildman–Crippen MR) is 146 cm³/mol. The standard InChI is InChI=1S/C28H31N5O2/c1-7-19(3)17-25(29)26-27(30-5)33(28(35)32(26)22-11-9-20(4)10-12-22)23-15-13-21(14-16-23)31(6)18-24(34)8-2/h8-16,29H,2-3,5,7,17-18H2,1,4,6H3/p+1. The minimum atomic E-state index is -0.306. The Balaban J connectivity index is 2.07. The average Bonchev–Trinajstić information content (AvgIpc) is 3.16. The molecule has 0 atom stereocenters. The molecule has 1 saturated heterocycles. The fourth-order valence-corrected chi connectivity index (χ4v) is 3.81. The van der Waals surface area contributed by atoms with E-state index >= 15 is 0 Å². The summed E-state index contributed by atoms with van der Waals surface area (Å²) in [5.74, 6) is 0.283. The monoisotopic (exact) mass is 470 g/mol. The van der Waals surface area contributed by atoms with Gasteiger partial charge < -0.3 is 10.6 Å². The van der Waals surface area contributed by atoms with Crippen molar-refractivity contribution in [2.75, 3.05) is 28.3 Å². The molecule has 1 heterocycles. The van der Waals surface area contributed by atoms with Gasteiger partial charge in [0.25, 0.3) is 0 Å². The van der Waals surface area contributed by atoms with E-state index in [1.54, 1.807) is 4.90 Å². The second-order valence-corrected chi connectivity index (χ2v) is 8.47. The van der Waals surface area contributed by atoms with Crippen molar-refractivity contribution in [2.24, 2.45) is 5.73 Å². The number of anilines is 3. The molecule has 0 bridgehead atoms. The minimum absolute atomic E-state index is 0.0783. The van der Waals surface area contributed by atoms with E-state index < -0.39 is 0 Å². The van der Waals surface area contributed by atoms with Crippen LogP contribution in [0.1, 0.15) is 25.3 Å². The van der Waals surface area contributed by atoms with Gasteiger partial charge in [0.05, 0.1) is 12.2 Å². The van der Waals surface area contributed by atoms with Crippen LogP contribution in [0.2, 0.25) is 0 Å². The van der Waals surface area contributed by atoms with E-state index in [2.05, 4.69) is 24.5 Å². The number of hydrogen-bond acceptors (Lipinski definition) is 4. The molecule has 2 aromatic carbocycles. The van der Waals surface area contributed by atoms with Crippen molar-refractivity contribution >= 4 is 41.4 Å². The highest BCUT2D eigenvalue weighted by atomic mass is 16.2. The lowest BCUT2D eigenvalue weighted by Gasteiger charge is -2.18. The van der Waals surface area contributed by atoms with Crippen molar-refractivity contribution in [2.45, 2.75) is 26.7 Å². The first-order valence-corrected chi connectivity index (χ1v) is 11.4. The van der Waals surface area contributed by atoms with E-state index in [1.807, 2.05) is 74.3 Å². The Labute approximate surface area is 206 Å². The Morgan fingerprint density at radius 1 is 1.09 bits per heavy atom. The lowest BCUT2D eigenvalue weighted by atomic mass is 10.1. The molecule has 3 rings (SSSR count). The van der Waals surface area contributed by atoms with Crippen molar-refractivity contribution in [3.05, 3.63) is 90.3 Å². The number of nitrogens with zero attached hydrogens (tertiary/aromatic N) is 4. The molecule has 0 aromatic heterocycles. The first-order chi connectivity index (χ1) is 16.7. The molecule has 0 aliphatic carbocycles. The van der Waals surface area contributed by atoms with E-state index in [9.17, 15) is 9.59 Å². The number of allylic oxidation sites excluding steroid dienone is 1. The fourth-order valence-electron chi connectivity index (χ4n) is 3.81. The largest absolute Gasteiger partial charge is 0.427 e. The molecule has 7 nitrogen and oxygen atoms in total. The summed E-state index contributed by atoms with van der Waals surface area (Å²) >= 11 is 0. The Morgan fingerprint density at radius 3 is 2.20 bits per heavy atom. The van der Waals surface area contributed by atoms with Crippen LogP contribution in [-0.2, 0) is 4.79 Å². The van der Waals surface area contributed by atoms with Crippen LogP contribution < -0.4 is 25.1 Å². The Kier molecular flexibility index (Phi) is 7.74. The van der Waals surface area contributed by atoms with Gasteiger partial charge in [0.2, 0.25) is 0 Å². The van der Waals surface area contributed by atoms with Crippen LogP contribution in [0, 0.1) is 6.92 Å². The maximum Gasteiger partial charge on any atom is 0.427 e. The zero-order valence-corrected chi connectivity index (χ0v) is 20.6. The van der Waals surface area contributed by atoms with Crippen LogP contribution in [0.25, 0.3) is 0 Å². The highest BCUT2D eigenvalue weighted by Gasteiger charge is 2.51. The average molecular weight is 471 g/mol. The molecule has 1 fully saturated rings. The second-order valence-electron chi connectivity index (χ2n) is 8.47. The van der Waals surface area contributed by atoms with Gasteiger partial charge in [-0.05, 0) is 55.8 Å². The van der Waals surface area contributed by atoms with Crippen molar-refractivity contribution < 1.29 is 9.59 Å². The summed E-state index contributed by atoms with van der Waals surface area (Å²) in [6, 6.07) is 14.7. The van der Waals surface area contributed by atoms with Crippen LogP contribution in [0.3, 0.4) is 0 Å². The van der Waals surface area contributed by atoms with Crippen molar-refractivity contribution in [3.8, 4) is 0 Å². The van der Waals surface area contributed by atoms with Crippen LogP contribution in [0.4, 0.5) is 21.9 Å². The molecule has 2 amide bonds. The van der Waals surface area contributed by atoms with Gasteiger partial charge in [-0.25, -0.2) is 14.4 Å². The van der Waals surface area contributed by atoms with Gasteiger partial charge >= 0.3 is 11.9 Å². The summed E-state index contributed by atoms with van der Waals surface area (Å²) in [5.41, 5.74) is 11.7. The van der Waals surface area contributed by atoms with Crippen molar-refractivity contribution in [3.63, 3.8) is 0 Å². The van der Waals surface area contributed by atoms with Gasteiger partial charge in [-0.1, -0.05) is 43.4 Å². The van der Waals surface area contributed by atoms with Gasteiger partial charge in [0, 0.05) is 24.9 Å². The first kappa shape index (κ1) is 25.3. The Hall–Kier alpha value is -4.35. The van der Waals surface area contributed by atoms with E-state index in [0.29, 0.717) is 35.0 Å². The molecule has 0 spiro atoms. The van der Waals surface area contributed by atoms with Crippen molar-refractivity contribution in [1.82, 2.24) is 4.67 Å². The molecule has 180 valence electrons. The fraction of sp³-hybridized carbons (Fsp3) is 0.214. The summed E-state index contributed by atoms with van der Waals surface area (Å²) in [4.78, 5) is 30.4. The molecule has 0 saturated carbocycles.